The lowest BCUT2D eigenvalue weighted by atomic mass is 10.1. The average Bonchev–Trinajstić information content (AvgIpc) is 2.15. The Morgan fingerprint density at radius 3 is 2.62 bits per heavy atom. The predicted octanol–water partition coefficient (Wildman–Crippen LogP) is 3.15. The summed E-state index contributed by atoms with van der Waals surface area (Å²) in [5.74, 6) is 5.47. The molecule has 0 bridgehead atoms. The van der Waals surface area contributed by atoms with Gasteiger partial charge in [-0.3, -0.25) is 0 Å². The van der Waals surface area contributed by atoms with Crippen LogP contribution in [0.3, 0.4) is 0 Å². The first-order valence-electron chi connectivity index (χ1n) is 3.67. The van der Waals surface area contributed by atoms with Crippen LogP contribution in [0.15, 0.2) is 18.2 Å². The van der Waals surface area contributed by atoms with E-state index in [1.807, 2.05) is 0 Å². The van der Waals surface area contributed by atoms with Gasteiger partial charge in [-0.1, -0.05) is 17.9 Å². The molecule has 0 unspecified atom stereocenters. The Hall–Kier alpha value is -0.710. The van der Waals surface area contributed by atoms with Crippen LogP contribution >= 0.6 is 23.2 Å². The highest BCUT2D eigenvalue weighted by Gasteiger charge is 1.99. The van der Waals surface area contributed by atoms with Crippen LogP contribution in [0.4, 0.5) is 4.39 Å². The molecule has 0 spiro atoms. The summed E-state index contributed by atoms with van der Waals surface area (Å²) in [7, 11) is 0. The maximum atomic E-state index is 13.1. The maximum absolute atomic E-state index is 13.1. The van der Waals surface area contributed by atoms with Crippen molar-refractivity contribution in [1.29, 1.82) is 0 Å². The highest BCUT2D eigenvalue weighted by atomic mass is 35.5. The van der Waals surface area contributed by atoms with E-state index in [0.29, 0.717) is 11.1 Å². The third kappa shape index (κ3) is 2.91. The first kappa shape index (κ1) is 10.4. The first-order valence-corrected chi connectivity index (χ1v) is 4.74. The van der Waals surface area contributed by atoms with Crippen molar-refractivity contribution in [3.05, 3.63) is 35.1 Å². The second-order valence-corrected chi connectivity index (χ2v) is 2.91. The van der Waals surface area contributed by atoms with Gasteiger partial charge in [-0.2, -0.15) is 0 Å². The van der Waals surface area contributed by atoms with Gasteiger partial charge in [-0.05, 0) is 12.1 Å². The third-order valence-corrected chi connectivity index (χ3v) is 1.92. The summed E-state index contributed by atoms with van der Waals surface area (Å²) < 4.78 is 13.1. The highest BCUT2D eigenvalue weighted by Crippen LogP contribution is 2.11. The van der Waals surface area contributed by atoms with Crippen LogP contribution in [0.25, 0.3) is 0 Å². The van der Waals surface area contributed by atoms with E-state index in [1.54, 1.807) is 12.1 Å². The molecular weight excluding hydrogens is 210 g/mol. The maximum Gasteiger partial charge on any atom is 0.128 e. The molecule has 13 heavy (non-hydrogen) atoms. The van der Waals surface area contributed by atoms with Gasteiger partial charge in [0.2, 0.25) is 0 Å². The second-order valence-electron chi connectivity index (χ2n) is 2.38. The smallest absolute Gasteiger partial charge is 0.128 e. The summed E-state index contributed by atoms with van der Waals surface area (Å²) in [6.45, 7) is 0. The van der Waals surface area contributed by atoms with Crippen molar-refractivity contribution < 1.29 is 4.39 Å². The van der Waals surface area contributed by atoms with Crippen LogP contribution in [0.2, 0.25) is 0 Å². The summed E-state index contributed by atoms with van der Waals surface area (Å²) in [5, 5.41) is 0. The second kappa shape index (κ2) is 5.11. The van der Waals surface area contributed by atoms with Crippen molar-refractivity contribution >= 4 is 23.2 Å². The van der Waals surface area contributed by atoms with Crippen LogP contribution in [-0.2, 0) is 5.88 Å². The fourth-order valence-corrected chi connectivity index (χ4v) is 1.15. The summed E-state index contributed by atoms with van der Waals surface area (Å²) in [5.41, 5.74) is 1.10. The molecule has 1 aromatic rings. The molecule has 0 saturated carbocycles. The van der Waals surface area contributed by atoms with Gasteiger partial charge < -0.3 is 0 Å². The summed E-state index contributed by atoms with van der Waals surface area (Å²) in [6.07, 6.45) is 0. The van der Waals surface area contributed by atoms with E-state index in [4.69, 9.17) is 23.2 Å². The number of hydrogen-bond donors (Lipinski definition) is 0. The largest absolute Gasteiger partial charge is 0.207 e. The van der Waals surface area contributed by atoms with E-state index in [1.165, 1.54) is 6.07 Å². The van der Waals surface area contributed by atoms with Crippen molar-refractivity contribution in [3.63, 3.8) is 0 Å². The molecule has 0 amide bonds. The molecule has 1 rings (SSSR count). The first-order chi connectivity index (χ1) is 6.27. The lowest BCUT2D eigenvalue weighted by molar-refractivity contribution is 0.616. The normalized spacial score (nSPS) is 9.15. The Kier molecular flexibility index (Phi) is 4.08. The fraction of sp³-hybridized carbons (Fsp3) is 0.200. The van der Waals surface area contributed by atoms with Crippen LogP contribution in [0.1, 0.15) is 11.1 Å². The van der Waals surface area contributed by atoms with E-state index in [9.17, 15) is 4.39 Å². The van der Waals surface area contributed by atoms with Gasteiger partial charge in [-0.15, -0.1) is 23.2 Å². The van der Waals surface area contributed by atoms with Gasteiger partial charge in [0.15, 0.2) is 0 Å². The monoisotopic (exact) mass is 216 g/mol. The molecule has 0 aliphatic carbocycles. The molecule has 68 valence electrons. The van der Waals surface area contributed by atoms with Crippen molar-refractivity contribution in [2.45, 2.75) is 5.88 Å². The van der Waals surface area contributed by atoms with Crippen molar-refractivity contribution in [2.75, 3.05) is 5.88 Å². The minimum atomic E-state index is -0.323. The molecule has 1 aromatic carbocycles. The Labute approximate surface area is 86.7 Å². The molecule has 0 radical (unpaired) electrons. The zero-order valence-corrected chi connectivity index (χ0v) is 8.29. The predicted molar refractivity (Wildman–Crippen MR) is 53.6 cm³/mol. The number of alkyl halides is 2. The minimum absolute atomic E-state index is 0.176. The number of rotatable bonds is 1. The molecule has 3 heteroatoms. The van der Waals surface area contributed by atoms with Crippen LogP contribution < -0.4 is 0 Å². The molecule has 0 heterocycles. The van der Waals surface area contributed by atoms with E-state index in [-0.39, 0.29) is 17.6 Å². The van der Waals surface area contributed by atoms with Crippen LogP contribution in [-0.4, -0.2) is 5.88 Å². The zero-order valence-electron chi connectivity index (χ0n) is 6.78. The summed E-state index contributed by atoms with van der Waals surface area (Å²) >= 11 is 10.9. The molecular formula is C10H7Cl2F. The SMILES string of the molecule is Fc1cc(C#CCCl)ccc1CCl. The molecule has 0 aliphatic rings. The number of halogens is 3. The number of hydrogen-bond acceptors (Lipinski definition) is 0. The molecule has 0 nitrogen and oxygen atoms in total. The summed E-state index contributed by atoms with van der Waals surface area (Å²) in [4.78, 5) is 0. The van der Waals surface area contributed by atoms with E-state index < -0.39 is 0 Å². The molecule has 0 saturated heterocycles. The lowest BCUT2D eigenvalue weighted by Crippen LogP contribution is -1.87. The highest BCUT2D eigenvalue weighted by molar-refractivity contribution is 6.19. The van der Waals surface area contributed by atoms with Gasteiger partial charge in [0.25, 0.3) is 0 Å². The Balaban J connectivity index is 2.96. The molecule has 0 aromatic heterocycles. The average molecular weight is 217 g/mol. The van der Waals surface area contributed by atoms with Crippen molar-refractivity contribution in [3.8, 4) is 11.8 Å². The number of benzene rings is 1. The fourth-order valence-electron chi connectivity index (χ4n) is 0.869. The molecule has 0 atom stereocenters. The topological polar surface area (TPSA) is 0 Å². The van der Waals surface area contributed by atoms with Crippen LogP contribution in [0.5, 0.6) is 0 Å². The Morgan fingerprint density at radius 2 is 2.08 bits per heavy atom. The Bertz CT molecular complexity index is 350. The van der Waals surface area contributed by atoms with Crippen molar-refractivity contribution in [2.24, 2.45) is 0 Å². The minimum Gasteiger partial charge on any atom is -0.207 e. The lowest BCUT2D eigenvalue weighted by Gasteiger charge is -1.97. The third-order valence-electron chi connectivity index (χ3n) is 1.50. The standard InChI is InChI=1S/C10H7Cl2F/c11-5-1-2-8-3-4-9(7-12)10(13)6-8/h3-4,6H,5,7H2. The molecule has 0 aliphatic heterocycles. The van der Waals surface area contributed by atoms with E-state index in [2.05, 4.69) is 11.8 Å². The molecule has 0 fully saturated rings. The van der Waals surface area contributed by atoms with Gasteiger partial charge in [0, 0.05) is 11.1 Å². The molecule has 0 N–H and O–H groups in total. The van der Waals surface area contributed by atoms with Gasteiger partial charge in [0.1, 0.15) is 5.82 Å². The van der Waals surface area contributed by atoms with Gasteiger partial charge in [0.05, 0.1) is 11.8 Å². The van der Waals surface area contributed by atoms with E-state index >= 15 is 0 Å². The van der Waals surface area contributed by atoms with Gasteiger partial charge >= 0.3 is 0 Å². The van der Waals surface area contributed by atoms with Crippen molar-refractivity contribution in [1.82, 2.24) is 0 Å². The quantitative estimate of drug-likeness (QED) is 0.500. The van der Waals surface area contributed by atoms with E-state index in [0.717, 1.165) is 0 Å². The van der Waals surface area contributed by atoms with Gasteiger partial charge in [-0.25, -0.2) is 4.39 Å². The Morgan fingerprint density at radius 1 is 1.31 bits per heavy atom. The zero-order chi connectivity index (χ0) is 9.68. The van der Waals surface area contributed by atoms with Crippen LogP contribution in [0, 0.1) is 17.7 Å². The summed E-state index contributed by atoms with van der Waals surface area (Å²) in [6, 6.07) is 4.71.